The third-order valence-corrected chi connectivity index (χ3v) is 4.05. The molecule has 0 aliphatic heterocycles. The maximum Gasteiger partial charge on any atom is 0.378 e. The molecular weight excluding hydrogens is 410 g/mol. The van der Waals surface area contributed by atoms with Gasteiger partial charge in [-0.1, -0.05) is 44.2 Å². The number of Topliss-reactive ketones (excluding diaryl/α,β-unsaturated/α-hetero) is 1. The first-order valence-electron chi connectivity index (χ1n) is 8.93. The molecule has 160 valence electrons. The third kappa shape index (κ3) is 5.81. The van der Waals surface area contributed by atoms with Gasteiger partial charge in [0.25, 0.3) is 5.91 Å². The lowest BCUT2D eigenvalue weighted by molar-refractivity contribution is -0.164. The summed E-state index contributed by atoms with van der Waals surface area (Å²) in [5, 5.41) is 19.5. The summed E-state index contributed by atoms with van der Waals surface area (Å²) in [4.78, 5) is 37.8. The molecule has 0 radical (unpaired) electrons. The van der Waals surface area contributed by atoms with Crippen molar-refractivity contribution in [3.63, 3.8) is 0 Å². The molecule has 0 aliphatic carbocycles. The lowest BCUT2D eigenvalue weighted by atomic mass is 9.97. The van der Waals surface area contributed by atoms with Crippen molar-refractivity contribution in [1.82, 2.24) is 5.32 Å². The number of aliphatic carboxylic acids is 1. The van der Waals surface area contributed by atoms with Crippen molar-refractivity contribution in [3.8, 4) is 5.75 Å². The maximum absolute atomic E-state index is 12.9. The second kappa shape index (κ2) is 10.4. The van der Waals surface area contributed by atoms with Crippen LogP contribution in [0.15, 0.2) is 54.6 Å². The van der Waals surface area contributed by atoms with Crippen LogP contribution < -0.4 is 15.8 Å². The average molecular weight is 434 g/mol. The van der Waals surface area contributed by atoms with Crippen molar-refractivity contribution in [3.05, 3.63) is 65.7 Å². The molecule has 2 aromatic carbocycles. The molecule has 0 aliphatic rings. The molecule has 0 saturated heterocycles. The molecule has 0 heterocycles. The van der Waals surface area contributed by atoms with Crippen LogP contribution in [0.5, 0.6) is 5.75 Å². The van der Waals surface area contributed by atoms with E-state index in [1.807, 2.05) is 0 Å². The number of ketones is 1. The van der Waals surface area contributed by atoms with E-state index in [9.17, 15) is 19.5 Å². The summed E-state index contributed by atoms with van der Waals surface area (Å²) in [6.07, 6.45) is -0.108. The molecule has 1 unspecified atom stereocenters. The Labute approximate surface area is 180 Å². The number of amides is 1. The van der Waals surface area contributed by atoms with Gasteiger partial charge in [0.15, 0.2) is 0 Å². The highest BCUT2D eigenvalue weighted by atomic mass is 35.5. The molecule has 5 N–H and O–H groups in total. The minimum atomic E-state index is -2.58. The fourth-order valence-electron chi connectivity index (χ4n) is 2.58. The Morgan fingerprint density at radius 3 is 2.07 bits per heavy atom. The molecular formula is C21H24ClN3O5. The number of para-hydroxylation sites is 1. The number of amidine groups is 1. The van der Waals surface area contributed by atoms with Crippen LogP contribution in [0.4, 0.5) is 0 Å². The summed E-state index contributed by atoms with van der Waals surface area (Å²) in [6, 6.07) is 13.6. The van der Waals surface area contributed by atoms with Crippen LogP contribution in [0.2, 0.25) is 0 Å². The quantitative estimate of drug-likeness (QED) is 0.207. The highest BCUT2D eigenvalue weighted by molar-refractivity contribution is 6.11. The standard InChI is InChI=1S/C21H23N3O5.ClH/c1-13(2)12-17(25)21(20(27)28,29-16-6-4-3-5-7-16)24-19(26)15-10-8-14(9-11-15)18(22)23;/h3-11,13H,12H2,1-2H3,(H3,22,23)(H,24,26)(H,27,28);1H. The van der Waals surface area contributed by atoms with Crippen LogP contribution in [0.25, 0.3) is 0 Å². The average Bonchev–Trinajstić information content (AvgIpc) is 2.67. The summed E-state index contributed by atoms with van der Waals surface area (Å²) >= 11 is 0. The molecule has 1 amide bonds. The maximum atomic E-state index is 12.9. The van der Waals surface area contributed by atoms with E-state index in [0.717, 1.165) is 0 Å². The third-order valence-electron chi connectivity index (χ3n) is 4.05. The lowest BCUT2D eigenvalue weighted by Crippen LogP contribution is -2.64. The van der Waals surface area contributed by atoms with Crippen molar-refractivity contribution in [2.75, 3.05) is 0 Å². The van der Waals surface area contributed by atoms with Crippen LogP contribution in [-0.2, 0) is 9.59 Å². The van der Waals surface area contributed by atoms with Crippen LogP contribution in [0, 0.1) is 11.3 Å². The molecule has 30 heavy (non-hydrogen) atoms. The first kappa shape index (κ1) is 24.6. The molecule has 0 spiro atoms. The van der Waals surface area contributed by atoms with E-state index in [4.69, 9.17) is 15.9 Å². The van der Waals surface area contributed by atoms with E-state index in [0.29, 0.717) is 5.56 Å². The zero-order valence-corrected chi connectivity index (χ0v) is 17.4. The van der Waals surface area contributed by atoms with Gasteiger partial charge in [0.2, 0.25) is 5.78 Å². The highest BCUT2D eigenvalue weighted by Gasteiger charge is 2.50. The molecule has 0 bridgehead atoms. The number of ether oxygens (including phenoxy) is 1. The first-order chi connectivity index (χ1) is 13.7. The Bertz CT molecular complexity index is 916. The Hall–Kier alpha value is -3.39. The number of carboxylic acids is 1. The van der Waals surface area contributed by atoms with E-state index >= 15 is 0 Å². The van der Waals surface area contributed by atoms with E-state index in [2.05, 4.69) is 5.32 Å². The number of nitrogens with two attached hydrogens (primary N) is 1. The number of hydrogen-bond acceptors (Lipinski definition) is 5. The van der Waals surface area contributed by atoms with Crippen molar-refractivity contribution >= 4 is 35.9 Å². The summed E-state index contributed by atoms with van der Waals surface area (Å²) in [5.74, 6) is -3.41. The Morgan fingerprint density at radius 1 is 1.07 bits per heavy atom. The van der Waals surface area contributed by atoms with Gasteiger partial charge >= 0.3 is 11.7 Å². The SMILES string of the molecule is CC(C)CC(=O)C(NC(=O)c1ccc(C(=N)N)cc1)(Oc1ccccc1)C(=O)O.Cl. The number of hydrogen-bond donors (Lipinski definition) is 4. The minimum Gasteiger partial charge on any atom is -0.476 e. The zero-order valence-electron chi connectivity index (χ0n) is 16.5. The molecule has 9 heteroatoms. The van der Waals surface area contributed by atoms with E-state index < -0.39 is 23.4 Å². The Morgan fingerprint density at radius 2 is 1.60 bits per heavy atom. The number of nitrogens with one attached hydrogen (secondary N) is 2. The van der Waals surface area contributed by atoms with Gasteiger partial charge in [0.1, 0.15) is 11.6 Å². The highest BCUT2D eigenvalue weighted by Crippen LogP contribution is 2.22. The number of carboxylic acid groups (broad SMARTS) is 1. The summed E-state index contributed by atoms with van der Waals surface area (Å²) in [7, 11) is 0. The summed E-state index contributed by atoms with van der Waals surface area (Å²) in [5.41, 5.74) is 3.31. The summed E-state index contributed by atoms with van der Waals surface area (Å²) < 4.78 is 5.55. The molecule has 0 aromatic heterocycles. The largest absolute Gasteiger partial charge is 0.476 e. The van der Waals surface area contributed by atoms with Crippen LogP contribution >= 0.6 is 12.4 Å². The minimum absolute atomic E-state index is 0. The number of nitrogen functional groups attached to an aromatic ring is 1. The van der Waals surface area contributed by atoms with Gasteiger partial charge in [-0.2, -0.15) is 0 Å². The van der Waals surface area contributed by atoms with E-state index in [1.165, 1.54) is 36.4 Å². The number of rotatable bonds is 9. The van der Waals surface area contributed by atoms with Crippen LogP contribution in [0.3, 0.4) is 0 Å². The topological polar surface area (TPSA) is 143 Å². The molecule has 1 atom stereocenters. The van der Waals surface area contributed by atoms with Crippen molar-refractivity contribution in [2.45, 2.75) is 26.0 Å². The van der Waals surface area contributed by atoms with Crippen molar-refractivity contribution < 1.29 is 24.2 Å². The molecule has 2 aromatic rings. The normalized spacial score (nSPS) is 12.2. The lowest BCUT2D eigenvalue weighted by Gasteiger charge is -2.30. The summed E-state index contributed by atoms with van der Waals surface area (Å²) in [6.45, 7) is 3.52. The molecule has 8 nitrogen and oxygen atoms in total. The van der Waals surface area contributed by atoms with Gasteiger partial charge in [-0.05, 0) is 30.2 Å². The van der Waals surface area contributed by atoms with Gasteiger partial charge in [0.05, 0.1) is 0 Å². The monoisotopic (exact) mass is 433 g/mol. The number of carbonyl (C=O) groups is 3. The number of carbonyl (C=O) groups excluding carboxylic acids is 2. The predicted octanol–water partition coefficient (Wildman–Crippen LogP) is 2.60. The number of benzene rings is 2. The van der Waals surface area contributed by atoms with Gasteiger partial charge in [0, 0.05) is 17.5 Å². The number of halogens is 1. The van der Waals surface area contributed by atoms with Gasteiger partial charge in [-0.25, -0.2) is 4.79 Å². The first-order valence-corrected chi connectivity index (χ1v) is 8.93. The van der Waals surface area contributed by atoms with E-state index in [-0.39, 0.29) is 41.9 Å². The van der Waals surface area contributed by atoms with Gasteiger partial charge in [-0.3, -0.25) is 20.3 Å². The van der Waals surface area contributed by atoms with Crippen LogP contribution in [0.1, 0.15) is 36.2 Å². The van der Waals surface area contributed by atoms with Gasteiger partial charge in [-0.15, -0.1) is 12.4 Å². The molecule has 0 fully saturated rings. The predicted molar refractivity (Wildman–Crippen MR) is 114 cm³/mol. The Balaban J connectivity index is 0.00000450. The van der Waals surface area contributed by atoms with Crippen molar-refractivity contribution in [1.29, 1.82) is 5.41 Å². The fraction of sp³-hybridized carbons (Fsp3) is 0.238. The fourth-order valence-corrected chi connectivity index (χ4v) is 2.58. The second-order valence-corrected chi connectivity index (χ2v) is 6.87. The van der Waals surface area contributed by atoms with Crippen molar-refractivity contribution in [2.24, 2.45) is 11.7 Å². The smallest absolute Gasteiger partial charge is 0.378 e. The molecule has 0 saturated carbocycles. The second-order valence-electron chi connectivity index (χ2n) is 6.87. The van der Waals surface area contributed by atoms with Crippen LogP contribution in [-0.4, -0.2) is 34.3 Å². The van der Waals surface area contributed by atoms with Gasteiger partial charge < -0.3 is 15.6 Å². The zero-order chi connectivity index (χ0) is 21.6. The Kier molecular flexibility index (Phi) is 8.55. The van der Waals surface area contributed by atoms with E-state index in [1.54, 1.807) is 32.0 Å². The molecule has 2 rings (SSSR count).